The van der Waals surface area contributed by atoms with Crippen LogP contribution in [0.15, 0.2) is 55.0 Å². The Bertz CT molecular complexity index is 1550. The second kappa shape index (κ2) is 17.0. The maximum absolute atomic E-state index is 11.6. The van der Waals surface area contributed by atoms with Crippen molar-refractivity contribution in [2.75, 3.05) is 50.5 Å². The van der Waals surface area contributed by atoms with Crippen molar-refractivity contribution >= 4 is 55.2 Å². The molecule has 0 bridgehead atoms. The smallest absolute Gasteiger partial charge is 0.318 e. The average Bonchev–Trinajstić information content (AvgIpc) is 3.44. The predicted octanol–water partition coefficient (Wildman–Crippen LogP) is 4.80. The van der Waals surface area contributed by atoms with Crippen LogP contribution >= 0.6 is 27.0 Å². The van der Waals surface area contributed by atoms with Gasteiger partial charge in [-0.2, -0.15) is 37.0 Å². The second-order valence-electron chi connectivity index (χ2n) is 10.5. The Morgan fingerprint density at radius 3 is 2.77 bits per heavy atom. The Morgan fingerprint density at radius 1 is 1.30 bits per heavy atom. The molecule has 11 heteroatoms. The van der Waals surface area contributed by atoms with Gasteiger partial charge in [0.15, 0.2) is 0 Å². The minimum absolute atomic E-state index is 0. The summed E-state index contributed by atoms with van der Waals surface area (Å²) in [7, 11) is 2.14. The Morgan fingerprint density at radius 2 is 2.07 bits per heavy atom. The lowest BCUT2D eigenvalue weighted by molar-refractivity contribution is -0.127. The molecule has 0 spiro atoms. The van der Waals surface area contributed by atoms with Crippen LogP contribution in [-0.2, 0) is 17.8 Å². The lowest BCUT2D eigenvalue weighted by Crippen LogP contribution is -2.38. The van der Waals surface area contributed by atoms with Crippen molar-refractivity contribution < 1.29 is 13.6 Å². The molecule has 1 aromatic heterocycles. The number of nitrogens with zero attached hydrogens (tertiary/aromatic N) is 6. The normalized spacial score (nSPS) is 17.2. The first-order chi connectivity index (χ1) is 21.1. The van der Waals surface area contributed by atoms with Crippen LogP contribution in [0.5, 0.6) is 6.01 Å². The third-order valence-corrected chi connectivity index (χ3v) is 7.86. The summed E-state index contributed by atoms with van der Waals surface area (Å²) < 4.78 is 26.9. The number of rotatable bonds is 8. The van der Waals surface area contributed by atoms with E-state index in [0.29, 0.717) is 31.0 Å². The van der Waals surface area contributed by atoms with E-state index in [1.165, 1.54) is 27.8 Å². The zero-order chi connectivity index (χ0) is 31.8. The van der Waals surface area contributed by atoms with Gasteiger partial charge in [0, 0.05) is 35.8 Å². The molecule has 2 aliphatic rings. The molecule has 2 aromatic carbocycles. The maximum Gasteiger partial charge on any atom is 0.318 e. The molecule has 9 nitrogen and oxygen atoms in total. The van der Waals surface area contributed by atoms with Crippen LogP contribution in [0.3, 0.4) is 0 Å². The molecule has 3 heterocycles. The molecule has 5 rings (SSSR count). The molecular weight excluding hydrogens is 579 g/mol. The fraction of sp³-hybridized carbons (Fsp3) is 0.438. The van der Waals surface area contributed by atoms with Crippen molar-refractivity contribution in [1.29, 1.82) is 0 Å². The number of nitrogen functional groups attached to an aromatic ring is 1. The number of fused-ring (bicyclic) bond motifs is 2. The van der Waals surface area contributed by atoms with Crippen molar-refractivity contribution in [2.45, 2.75) is 51.7 Å². The van der Waals surface area contributed by atoms with Crippen molar-refractivity contribution in [3.8, 4) is 6.01 Å². The predicted molar refractivity (Wildman–Crippen MR) is 186 cm³/mol. The molecule has 1 amide bonds. The number of amides is 1. The lowest BCUT2D eigenvalue weighted by Gasteiger charge is -2.31. The Balaban J connectivity index is 0.000000375. The standard InChI is InChI=1S/C23H27N5O.C9H14N2O.2H2S/c1-27-12-5-8-17(27)15-29-23-25-20-14-28(13-11-19(20)22(24)26-23)21-10-4-7-16-6-2-3-9-18(16)21;1-5-9(12)11(6-2)8(3)7-10-4;;/h2-4,6-7,9-10,17H,5,8,11-15H2,1H3,(H2,24,25,26);5,8H,1,6-7H2,2-3H3;2*1H2/t17-;8-;;/m01../s1/i;1D2,5D;;. The van der Waals surface area contributed by atoms with Crippen LogP contribution in [0.2, 0.25) is 0 Å². The van der Waals surface area contributed by atoms with E-state index in [0.717, 1.165) is 43.7 Å². The quantitative estimate of drug-likeness (QED) is 0.284. The summed E-state index contributed by atoms with van der Waals surface area (Å²) in [5.74, 6) is -0.101. The summed E-state index contributed by atoms with van der Waals surface area (Å²) in [5, 5.41) is 2.52. The highest BCUT2D eigenvalue weighted by atomic mass is 32.1. The monoisotopic (exact) mass is 626 g/mol. The van der Waals surface area contributed by atoms with E-state index in [9.17, 15) is 4.79 Å². The number of likely N-dealkylation sites (tertiary alicyclic amines) is 1. The number of benzene rings is 2. The van der Waals surface area contributed by atoms with Gasteiger partial charge in [-0.25, -0.2) is 6.57 Å². The molecule has 3 aromatic rings. The van der Waals surface area contributed by atoms with Gasteiger partial charge in [-0.3, -0.25) is 4.79 Å². The first-order valence-electron chi connectivity index (χ1n) is 15.6. The first kappa shape index (κ1) is 31.0. The topological polar surface area (TPSA) is 92.2 Å². The summed E-state index contributed by atoms with van der Waals surface area (Å²) in [6.45, 7) is 13.2. The summed E-state index contributed by atoms with van der Waals surface area (Å²) in [6.07, 6.45) is 3.22. The average molecular weight is 627 g/mol. The zero-order valence-electron chi connectivity index (χ0n) is 28.1. The van der Waals surface area contributed by atoms with Gasteiger partial charge in [0.25, 0.3) is 0 Å². The molecule has 2 atom stereocenters. The molecular formula is C32H45N7O2S2. The largest absolute Gasteiger partial charge is 0.462 e. The van der Waals surface area contributed by atoms with Gasteiger partial charge in [0.2, 0.25) is 12.5 Å². The highest BCUT2D eigenvalue weighted by Gasteiger charge is 2.25. The first-order valence-corrected chi connectivity index (χ1v) is 14.1. The third kappa shape index (κ3) is 8.78. The number of anilines is 2. The maximum atomic E-state index is 11.6. The van der Waals surface area contributed by atoms with E-state index in [2.05, 4.69) is 69.1 Å². The molecule has 43 heavy (non-hydrogen) atoms. The van der Waals surface area contributed by atoms with Crippen molar-refractivity contribution in [3.05, 3.63) is 77.7 Å². The van der Waals surface area contributed by atoms with Gasteiger partial charge in [0.05, 0.1) is 16.4 Å². The van der Waals surface area contributed by atoms with Gasteiger partial charge in [0.1, 0.15) is 18.5 Å². The van der Waals surface area contributed by atoms with Crippen LogP contribution < -0.4 is 15.4 Å². The number of ether oxygens (including phenoxy) is 1. The number of hydrogen-bond donors (Lipinski definition) is 1. The molecule has 1 fully saturated rings. The van der Waals surface area contributed by atoms with Crippen molar-refractivity contribution in [3.63, 3.8) is 0 Å². The van der Waals surface area contributed by atoms with E-state index >= 15 is 0 Å². The molecule has 2 N–H and O–H groups in total. The van der Waals surface area contributed by atoms with Gasteiger partial charge in [-0.05, 0) is 64.2 Å². The number of nitrogens with two attached hydrogens (primary N) is 1. The van der Waals surface area contributed by atoms with Crippen LogP contribution in [0.4, 0.5) is 11.5 Å². The summed E-state index contributed by atoms with van der Waals surface area (Å²) in [5.41, 5.74) is 9.54. The molecule has 2 aliphatic heterocycles. The lowest BCUT2D eigenvalue weighted by atomic mass is 10.0. The Hall–Kier alpha value is -3.46. The van der Waals surface area contributed by atoms with E-state index in [1.807, 2.05) is 0 Å². The van der Waals surface area contributed by atoms with Gasteiger partial charge in [-0.15, -0.1) is 0 Å². The van der Waals surface area contributed by atoms with Crippen molar-refractivity contribution in [2.24, 2.45) is 0 Å². The number of likely N-dealkylation sites (N-methyl/N-ethyl adjacent to an activating group) is 2. The minimum Gasteiger partial charge on any atom is -0.462 e. The molecule has 0 aliphatic carbocycles. The highest BCUT2D eigenvalue weighted by molar-refractivity contribution is 7.59. The molecule has 0 unspecified atom stereocenters. The fourth-order valence-corrected chi connectivity index (χ4v) is 5.51. The van der Waals surface area contributed by atoms with Gasteiger partial charge in [-0.1, -0.05) is 42.9 Å². The zero-order valence-corrected chi connectivity index (χ0v) is 27.1. The van der Waals surface area contributed by atoms with Crippen LogP contribution in [0, 0.1) is 6.57 Å². The fourth-order valence-electron chi connectivity index (χ4n) is 5.51. The van der Waals surface area contributed by atoms with E-state index < -0.39 is 18.5 Å². The van der Waals surface area contributed by atoms with E-state index in [1.54, 1.807) is 13.8 Å². The molecule has 232 valence electrons. The molecule has 0 saturated carbocycles. The molecule has 0 radical (unpaired) electrons. The van der Waals surface area contributed by atoms with Gasteiger partial charge < -0.3 is 30.0 Å². The number of hydrogen-bond acceptors (Lipinski definition) is 7. The van der Waals surface area contributed by atoms with Crippen LogP contribution in [-0.4, -0.2) is 77.6 Å². The minimum atomic E-state index is -0.798. The molecule has 1 saturated heterocycles. The van der Waals surface area contributed by atoms with Gasteiger partial charge >= 0.3 is 6.01 Å². The number of aromatic nitrogens is 2. The number of carbonyl (C=O) groups excluding carboxylic acids is 1. The second-order valence-corrected chi connectivity index (χ2v) is 10.5. The van der Waals surface area contributed by atoms with E-state index in [4.69, 9.17) is 26.1 Å². The highest BCUT2D eigenvalue weighted by Crippen LogP contribution is 2.32. The summed E-state index contributed by atoms with van der Waals surface area (Å²) >= 11 is 0. The van der Waals surface area contributed by atoms with Crippen LogP contribution in [0.1, 0.15) is 42.1 Å². The summed E-state index contributed by atoms with van der Waals surface area (Å²) in [6, 6.07) is 14.9. The Kier molecular flexibility index (Phi) is 12.2. The third-order valence-electron chi connectivity index (χ3n) is 7.86. The van der Waals surface area contributed by atoms with Crippen LogP contribution in [0.25, 0.3) is 15.6 Å². The van der Waals surface area contributed by atoms with Crippen molar-refractivity contribution in [1.82, 2.24) is 19.8 Å². The number of carbonyl (C=O) groups is 1. The Labute approximate surface area is 274 Å². The van der Waals surface area contributed by atoms with E-state index in [-0.39, 0.29) is 39.6 Å². The summed E-state index contributed by atoms with van der Waals surface area (Å²) in [4.78, 5) is 30.0. The SMILES string of the molecule is CN1CCC[C@H]1COc1nc(N)c2c(n1)CN(c1cccc3ccccc13)CC2.S.S.[2H]C([2H])=C([2H])C(=O)N(CC)[C@H](C)C[N+]#[C-].